The van der Waals surface area contributed by atoms with E-state index >= 15 is 0 Å². The van der Waals surface area contributed by atoms with Crippen LogP contribution in [0.3, 0.4) is 0 Å². The predicted molar refractivity (Wildman–Crippen MR) is 76.0 cm³/mol. The van der Waals surface area contributed by atoms with E-state index in [1.807, 2.05) is 0 Å². The zero-order chi connectivity index (χ0) is 19.0. The SMILES string of the molecule is O=S(c1cc(C(F)(F)F)cc(C(F)(F)F)c1)C(F)c1ccc(Cl)cn1. The van der Waals surface area contributed by atoms with Gasteiger partial charge in [-0.1, -0.05) is 11.6 Å². The summed E-state index contributed by atoms with van der Waals surface area (Å²) in [6.45, 7) is 0. The molecule has 1 aromatic carbocycles. The summed E-state index contributed by atoms with van der Waals surface area (Å²) in [7, 11) is -2.85. The van der Waals surface area contributed by atoms with Crippen molar-refractivity contribution in [3.05, 3.63) is 58.4 Å². The first-order valence-corrected chi connectivity index (χ1v) is 7.94. The zero-order valence-electron chi connectivity index (χ0n) is 11.8. The average molecular weight is 406 g/mol. The molecule has 25 heavy (non-hydrogen) atoms. The third-order valence-corrected chi connectivity index (χ3v) is 4.51. The van der Waals surface area contributed by atoms with Crippen LogP contribution in [0.1, 0.15) is 22.3 Å². The highest BCUT2D eigenvalue weighted by Crippen LogP contribution is 2.38. The Balaban J connectivity index is 2.49. The predicted octanol–water partition coefficient (Wildman–Crippen LogP) is 5.55. The molecule has 1 aromatic heterocycles. The molecule has 0 saturated carbocycles. The van der Waals surface area contributed by atoms with Crippen molar-refractivity contribution >= 4 is 22.4 Å². The molecular formula is C14H7ClF7NOS. The van der Waals surface area contributed by atoms with Gasteiger partial charge in [0.15, 0.2) is 0 Å². The molecule has 136 valence electrons. The van der Waals surface area contributed by atoms with Gasteiger partial charge in [-0.25, -0.2) is 4.39 Å². The van der Waals surface area contributed by atoms with Crippen LogP contribution in [0.15, 0.2) is 41.4 Å². The van der Waals surface area contributed by atoms with E-state index in [-0.39, 0.29) is 23.2 Å². The fourth-order valence-corrected chi connectivity index (χ4v) is 2.99. The largest absolute Gasteiger partial charge is 0.416 e. The van der Waals surface area contributed by atoms with Crippen molar-refractivity contribution in [2.24, 2.45) is 0 Å². The van der Waals surface area contributed by atoms with E-state index in [1.54, 1.807) is 0 Å². The van der Waals surface area contributed by atoms with Gasteiger partial charge in [0, 0.05) is 11.1 Å². The van der Waals surface area contributed by atoms with Crippen LogP contribution in [0.5, 0.6) is 0 Å². The summed E-state index contributed by atoms with van der Waals surface area (Å²) in [5, 5.41) is 0.125. The van der Waals surface area contributed by atoms with Gasteiger partial charge in [-0.3, -0.25) is 9.19 Å². The highest BCUT2D eigenvalue weighted by atomic mass is 35.5. The number of hydrogen-bond acceptors (Lipinski definition) is 2. The number of aromatic nitrogens is 1. The standard InChI is InChI=1S/C14H7ClF7NOS/c15-9-1-2-11(23-6-9)12(16)25(24)10-4-7(13(17,18)19)3-8(5-10)14(20,21)22/h1-6,12H. The zero-order valence-corrected chi connectivity index (χ0v) is 13.4. The van der Waals surface area contributed by atoms with Crippen LogP contribution in [-0.2, 0) is 23.2 Å². The minimum atomic E-state index is -5.12. The molecule has 2 atom stereocenters. The second-order valence-corrected chi connectivity index (χ2v) is 6.67. The van der Waals surface area contributed by atoms with Gasteiger partial charge in [-0.2, -0.15) is 26.3 Å². The van der Waals surface area contributed by atoms with Crippen molar-refractivity contribution in [3.63, 3.8) is 0 Å². The second kappa shape index (κ2) is 6.91. The Morgan fingerprint density at radius 2 is 1.48 bits per heavy atom. The number of alkyl halides is 7. The Bertz CT molecular complexity index is 757. The Hall–Kier alpha value is -1.68. The molecule has 0 aliphatic heterocycles. The molecule has 2 nitrogen and oxygen atoms in total. The normalized spacial score (nSPS) is 15.0. The lowest BCUT2D eigenvalue weighted by Gasteiger charge is -2.15. The lowest BCUT2D eigenvalue weighted by Crippen LogP contribution is -2.13. The van der Waals surface area contributed by atoms with E-state index in [4.69, 9.17) is 11.6 Å². The number of halogens is 8. The van der Waals surface area contributed by atoms with Crippen LogP contribution >= 0.6 is 11.6 Å². The highest BCUT2D eigenvalue weighted by molar-refractivity contribution is 7.85. The van der Waals surface area contributed by atoms with Crippen LogP contribution in [0.2, 0.25) is 5.02 Å². The maximum absolute atomic E-state index is 14.2. The molecule has 0 spiro atoms. The van der Waals surface area contributed by atoms with E-state index in [0.717, 1.165) is 12.3 Å². The smallest absolute Gasteiger partial charge is 0.256 e. The quantitative estimate of drug-likeness (QED) is 0.627. The van der Waals surface area contributed by atoms with Crippen LogP contribution in [0, 0.1) is 0 Å². The Kier molecular flexibility index (Phi) is 5.43. The fourth-order valence-electron chi connectivity index (χ4n) is 1.79. The van der Waals surface area contributed by atoms with Crippen LogP contribution in [-0.4, -0.2) is 9.19 Å². The summed E-state index contributed by atoms with van der Waals surface area (Å²) >= 11 is 5.54. The fraction of sp³-hybridized carbons (Fsp3) is 0.214. The molecule has 0 N–H and O–H groups in total. The van der Waals surface area contributed by atoms with Crippen LogP contribution < -0.4 is 0 Å². The monoisotopic (exact) mass is 405 g/mol. The number of rotatable bonds is 3. The van der Waals surface area contributed by atoms with Gasteiger partial charge in [0.05, 0.1) is 32.6 Å². The Labute approximate surface area is 144 Å². The van der Waals surface area contributed by atoms with E-state index in [2.05, 4.69) is 4.98 Å². The topological polar surface area (TPSA) is 30.0 Å². The molecule has 11 heteroatoms. The van der Waals surface area contributed by atoms with Crippen molar-refractivity contribution in [1.82, 2.24) is 4.98 Å². The molecule has 0 aliphatic rings. The molecule has 0 saturated heterocycles. The van der Waals surface area contributed by atoms with Gasteiger partial charge >= 0.3 is 12.4 Å². The van der Waals surface area contributed by atoms with E-state index in [1.165, 1.54) is 6.07 Å². The first-order valence-electron chi connectivity index (χ1n) is 6.35. The number of nitrogens with zero attached hydrogens (tertiary/aromatic N) is 1. The number of benzene rings is 1. The third kappa shape index (κ3) is 4.69. The van der Waals surface area contributed by atoms with Crippen molar-refractivity contribution in [3.8, 4) is 0 Å². The van der Waals surface area contributed by atoms with Gasteiger partial charge in [0.2, 0.25) is 5.50 Å². The maximum atomic E-state index is 14.2. The van der Waals surface area contributed by atoms with E-state index in [9.17, 15) is 34.9 Å². The van der Waals surface area contributed by atoms with Crippen molar-refractivity contribution in [2.75, 3.05) is 0 Å². The van der Waals surface area contributed by atoms with Crippen LogP contribution in [0.4, 0.5) is 30.7 Å². The minimum absolute atomic E-state index is 0.125. The average Bonchev–Trinajstić information content (AvgIpc) is 2.52. The summed E-state index contributed by atoms with van der Waals surface area (Å²) in [6.07, 6.45) is -9.23. The summed E-state index contributed by atoms with van der Waals surface area (Å²) in [5.74, 6) is 0. The Morgan fingerprint density at radius 3 is 1.88 bits per heavy atom. The number of hydrogen-bond donors (Lipinski definition) is 0. The first kappa shape index (κ1) is 19.6. The van der Waals surface area contributed by atoms with Gasteiger partial charge in [-0.15, -0.1) is 0 Å². The maximum Gasteiger partial charge on any atom is 0.416 e. The van der Waals surface area contributed by atoms with Gasteiger partial charge < -0.3 is 0 Å². The number of pyridine rings is 1. The summed E-state index contributed by atoms with van der Waals surface area (Å²) in [5.41, 5.74) is -6.22. The molecule has 2 unspecified atom stereocenters. The molecular weight excluding hydrogens is 399 g/mol. The van der Waals surface area contributed by atoms with Gasteiger partial charge in [0.25, 0.3) is 0 Å². The molecule has 1 heterocycles. The third-order valence-electron chi connectivity index (χ3n) is 2.96. The summed E-state index contributed by atoms with van der Waals surface area (Å²) in [4.78, 5) is 2.57. The van der Waals surface area contributed by atoms with Gasteiger partial charge in [-0.05, 0) is 30.3 Å². The first-order chi connectivity index (χ1) is 11.4. The lowest BCUT2D eigenvalue weighted by molar-refractivity contribution is -0.143. The second-order valence-electron chi connectivity index (χ2n) is 4.76. The molecule has 0 fully saturated rings. The van der Waals surface area contributed by atoms with Crippen molar-refractivity contribution < 1.29 is 34.9 Å². The highest BCUT2D eigenvalue weighted by Gasteiger charge is 2.38. The summed E-state index contributed by atoms with van der Waals surface area (Å²) < 4.78 is 103. The molecule has 2 aromatic rings. The molecule has 0 amide bonds. The van der Waals surface area contributed by atoms with E-state index in [0.29, 0.717) is 0 Å². The van der Waals surface area contributed by atoms with E-state index < -0.39 is 50.4 Å². The molecule has 0 aliphatic carbocycles. The Morgan fingerprint density at radius 1 is 0.960 bits per heavy atom. The molecule has 0 bridgehead atoms. The van der Waals surface area contributed by atoms with Gasteiger partial charge in [0.1, 0.15) is 0 Å². The van der Waals surface area contributed by atoms with Crippen molar-refractivity contribution in [2.45, 2.75) is 22.8 Å². The van der Waals surface area contributed by atoms with Crippen molar-refractivity contribution in [1.29, 1.82) is 0 Å². The molecule has 0 radical (unpaired) electrons. The minimum Gasteiger partial charge on any atom is -0.256 e. The summed E-state index contributed by atoms with van der Waals surface area (Å²) in [6, 6.07) is 2.53. The molecule has 2 rings (SSSR count). The lowest BCUT2D eigenvalue weighted by atomic mass is 10.1. The van der Waals surface area contributed by atoms with Crippen LogP contribution in [0.25, 0.3) is 0 Å².